The lowest BCUT2D eigenvalue weighted by molar-refractivity contribution is -0.136. The SMILES string of the molecule is CC(C)c1nc(C(C)(N)CCCC(F)(F)F)no1. The first-order valence-corrected chi connectivity index (χ1v) is 5.81. The normalized spacial score (nSPS) is 16.0. The molecule has 1 unspecified atom stereocenters. The molecule has 1 heterocycles. The monoisotopic (exact) mass is 265 g/mol. The van der Waals surface area contributed by atoms with Crippen molar-refractivity contribution in [1.82, 2.24) is 10.1 Å². The van der Waals surface area contributed by atoms with Crippen LogP contribution in [0.15, 0.2) is 4.52 Å². The minimum Gasteiger partial charge on any atom is -0.339 e. The number of aromatic nitrogens is 2. The third-order valence-electron chi connectivity index (χ3n) is 2.60. The number of rotatable bonds is 5. The number of nitrogens with two attached hydrogens (primary N) is 1. The van der Waals surface area contributed by atoms with Crippen molar-refractivity contribution in [3.05, 3.63) is 11.7 Å². The standard InChI is InChI=1S/C11H18F3N3O/c1-7(2)8-16-9(17-18-8)10(3,15)5-4-6-11(12,13)14/h7H,4-6,15H2,1-3H3. The zero-order valence-electron chi connectivity index (χ0n) is 10.7. The molecule has 1 rings (SSSR count). The van der Waals surface area contributed by atoms with E-state index in [1.165, 1.54) is 0 Å². The van der Waals surface area contributed by atoms with E-state index >= 15 is 0 Å². The number of halogens is 3. The van der Waals surface area contributed by atoms with Crippen molar-refractivity contribution in [2.24, 2.45) is 5.73 Å². The maximum absolute atomic E-state index is 12.1. The summed E-state index contributed by atoms with van der Waals surface area (Å²) in [4.78, 5) is 4.11. The van der Waals surface area contributed by atoms with Crippen LogP contribution in [-0.4, -0.2) is 16.3 Å². The van der Waals surface area contributed by atoms with E-state index in [0.717, 1.165) is 0 Å². The molecule has 0 aliphatic heterocycles. The summed E-state index contributed by atoms with van der Waals surface area (Å²) < 4.78 is 41.2. The second-order valence-corrected chi connectivity index (χ2v) is 5.00. The fourth-order valence-electron chi connectivity index (χ4n) is 1.47. The lowest BCUT2D eigenvalue weighted by Crippen LogP contribution is -2.34. The molecular formula is C11H18F3N3O. The molecule has 1 atom stereocenters. The van der Waals surface area contributed by atoms with E-state index in [1.807, 2.05) is 13.8 Å². The Morgan fingerprint density at radius 3 is 2.33 bits per heavy atom. The van der Waals surface area contributed by atoms with Crippen molar-refractivity contribution in [2.45, 2.75) is 57.7 Å². The first kappa shape index (κ1) is 14.9. The Morgan fingerprint density at radius 1 is 1.28 bits per heavy atom. The van der Waals surface area contributed by atoms with Crippen molar-refractivity contribution in [3.63, 3.8) is 0 Å². The van der Waals surface area contributed by atoms with Gasteiger partial charge in [0.1, 0.15) is 0 Å². The Morgan fingerprint density at radius 2 is 1.89 bits per heavy atom. The molecule has 104 valence electrons. The van der Waals surface area contributed by atoms with Crippen LogP contribution < -0.4 is 5.73 Å². The molecule has 0 saturated carbocycles. The molecule has 4 nitrogen and oxygen atoms in total. The molecule has 18 heavy (non-hydrogen) atoms. The summed E-state index contributed by atoms with van der Waals surface area (Å²) in [5.74, 6) is 0.767. The highest BCUT2D eigenvalue weighted by Crippen LogP contribution is 2.28. The highest BCUT2D eigenvalue weighted by molar-refractivity contribution is 5.02. The van der Waals surface area contributed by atoms with Crippen LogP contribution in [0.5, 0.6) is 0 Å². The average Bonchev–Trinajstić information content (AvgIpc) is 2.63. The second kappa shape index (κ2) is 5.26. The van der Waals surface area contributed by atoms with Gasteiger partial charge in [-0.25, -0.2) is 0 Å². The lowest BCUT2D eigenvalue weighted by atomic mass is 9.95. The fraction of sp³-hybridized carbons (Fsp3) is 0.818. The molecule has 1 aromatic rings. The van der Waals surface area contributed by atoms with Gasteiger partial charge in [-0.3, -0.25) is 0 Å². The van der Waals surface area contributed by atoms with Crippen LogP contribution in [-0.2, 0) is 5.54 Å². The average molecular weight is 265 g/mol. The molecule has 0 spiro atoms. The van der Waals surface area contributed by atoms with Crippen LogP contribution in [0, 0.1) is 0 Å². The van der Waals surface area contributed by atoms with Crippen molar-refractivity contribution in [1.29, 1.82) is 0 Å². The molecule has 2 N–H and O–H groups in total. The van der Waals surface area contributed by atoms with Crippen molar-refractivity contribution >= 4 is 0 Å². The molecule has 1 aromatic heterocycles. The lowest BCUT2D eigenvalue weighted by Gasteiger charge is -2.20. The highest BCUT2D eigenvalue weighted by atomic mass is 19.4. The zero-order chi connectivity index (χ0) is 14.0. The van der Waals surface area contributed by atoms with Crippen LogP contribution >= 0.6 is 0 Å². The Balaban J connectivity index is 2.62. The summed E-state index contributed by atoms with van der Waals surface area (Å²) in [6.45, 7) is 5.38. The molecule has 0 aliphatic rings. The summed E-state index contributed by atoms with van der Waals surface area (Å²) in [5, 5.41) is 3.73. The summed E-state index contributed by atoms with van der Waals surface area (Å²) in [7, 11) is 0. The Hall–Kier alpha value is -1.11. The molecule has 0 bridgehead atoms. The van der Waals surface area contributed by atoms with Gasteiger partial charge in [-0.1, -0.05) is 19.0 Å². The molecule has 7 heteroatoms. The van der Waals surface area contributed by atoms with Gasteiger partial charge in [-0.2, -0.15) is 18.2 Å². The van der Waals surface area contributed by atoms with Gasteiger partial charge in [0.05, 0.1) is 5.54 Å². The number of nitrogens with zero attached hydrogens (tertiary/aromatic N) is 2. The third-order valence-corrected chi connectivity index (χ3v) is 2.60. The summed E-state index contributed by atoms with van der Waals surface area (Å²) >= 11 is 0. The minimum atomic E-state index is -4.16. The number of alkyl halides is 3. The van der Waals surface area contributed by atoms with Crippen LogP contribution in [0.1, 0.15) is 57.7 Å². The molecule has 0 amide bonds. The first-order chi connectivity index (χ1) is 8.12. The van der Waals surface area contributed by atoms with Crippen LogP contribution in [0.2, 0.25) is 0 Å². The van der Waals surface area contributed by atoms with Gasteiger partial charge >= 0.3 is 6.18 Å². The fourth-order valence-corrected chi connectivity index (χ4v) is 1.47. The van der Waals surface area contributed by atoms with E-state index < -0.39 is 18.1 Å². The van der Waals surface area contributed by atoms with Gasteiger partial charge < -0.3 is 10.3 Å². The van der Waals surface area contributed by atoms with Gasteiger partial charge in [-0.15, -0.1) is 0 Å². The molecule has 0 fully saturated rings. The van der Waals surface area contributed by atoms with E-state index in [9.17, 15) is 13.2 Å². The third kappa shape index (κ3) is 4.29. The first-order valence-electron chi connectivity index (χ1n) is 5.81. The Labute approximate surface area is 104 Å². The Kier molecular flexibility index (Phi) is 4.37. The largest absolute Gasteiger partial charge is 0.389 e. The van der Waals surface area contributed by atoms with Gasteiger partial charge in [-0.05, 0) is 19.8 Å². The molecule has 0 saturated heterocycles. The maximum atomic E-state index is 12.1. The summed E-state index contributed by atoms with van der Waals surface area (Å²) in [6, 6.07) is 0. The van der Waals surface area contributed by atoms with E-state index in [2.05, 4.69) is 10.1 Å². The minimum absolute atomic E-state index is 0.0535. The molecule has 0 aromatic carbocycles. The van der Waals surface area contributed by atoms with Crippen molar-refractivity contribution in [2.75, 3.05) is 0 Å². The highest BCUT2D eigenvalue weighted by Gasteiger charge is 2.31. The smallest absolute Gasteiger partial charge is 0.339 e. The number of hydrogen-bond donors (Lipinski definition) is 1. The van der Waals surface area contributed by atoms with Gasteiger partial charge in [0, 0.05) is 12.3 Å². The van der Waals surface area contributed by atoms with E-state index in [0.29, 0.717) is 5.89 Å². The summed E-state index contributed by atoms with van der Waals surface area (Å²) in [5.41, 5.74) is 4.93. The van der Waals surface area contributed by atoms with E-state index in [1.54, 1.807) is 6.92 Å². The zero-order valence-corrected chi connectivity index (χ0v) is 10.7. The predicted molar refractivity (Wildman–Crippen MR) is 59.8 cm³/mol. The second-order valence-electron chi connectivity index (χ2n) is 5.00. The van der Waals surface area contributed by atoms with E-state index in [-0.39, 0.29) is 24.6 Å². The van der Waals surface area contributed by atoms with E-state index in [4.69, 9.17) is 10.3 Å². The van der Waals surface area contributed by atoms with Gasteiger partial charge in [0.2, 0.25) is 5.89 Å². The molecule has 0 radical (unpaired) electrons. The van der Waals surface area contributed by atoms with Gasteiger partial charge in [0.15, 0.2) is 5.82 Å². The molecule has 0 aliphatic carbocycles. The molecular weight excluding hydrogens is 247 g/mol. The quantitative estimate of drug-likeness (QED) is 0.888. The van der Waals surface area contributed by atoms with Crippen LogP contribution in [0.3, 0.4) is 0 Å². The maximum Gasteiger partial charge on any atom is 0.389 e. The summed E-state index contributed by atoms with van der Waals surface area (Å²) in [6.07, 6.45) is -4.91. The van der Waals surface area contributed by atoms with Crippen molar-refractivity contribution < 1.29 is 17.7 Å². The Bertz CT molecular complexity index is 385. The van der Waals surface area contributed by atoms with Crippen LogP contribution in [0.4, 0.5) is 13.2 Å². The van der Waals surface area contributed by atoms with Gasteiger partial charge in [0.25, 0.3) is 0 Å². The predicted octanol–water partition coefficient (Wildman–Crippen LogP) is 3.10. The number of hydrogen-bond acceptors (Lipinski definition) is 4. The topological polar surface area (TPSA) is 64.9 Å². The van der Waals surface area contributed by atoms with Crippen molar-refractivity contribution in [3.8, 4) is 0 Å². The van der Waals surface area contributed by atoms with Crippen LogP contribution in [0.25, 0.3) is 0 Å².